The van der Waals surface area contributed by atoms with Gasteiger partial charge in [-0.3, -0.25) is 0 Å². The molecule has 0 radical (unpaired) electrons. The summed E-state index contributed by atoms with van der Waals surface area (Å²) in [5.74, 6) is 2.18. The van der Waals surface area contributed by atoms with Gasteiger partial charge in [0, 0.05) is 6.04 Å². The summed E-state index contributed by atoms with van der Waals surface area (Å²) in [7, 11) is 0. The van der Waals surface area contributed by atoms with Gasteiger partial charge in [-0.2, -0.15) is 0 Å². The molecule has 108 valence electrons. The molecule has 1 rings (SSSR count). The Labute approximate surface area is 118 Å². The second-order valence-electron chi connectivity index (χ2n) is 5.58. The second-order valence-corrected chi connectivity index (χ2v) is 5.58. The summed E-state index contributed by atoms with van der Waals surface area (Å²) in [6, 6.07) is 8.90. The SMILES string of the molecule is CCNC(COc1ccc(C(C)C)cc1)C(C)CC. The summed E-state index contributed by atoms with van der Waals surface area (Å²) in [4.78, 5) is 0. The van der Waals surface area contributed by atoms with Crippen LogP contribution in [0, 0.1) is 5.92 Å². The molecule has 0 spiro atoms. The van der Waals surface area contributed by atoms with Crippen molar-refractivity contribution in [2.24, 2.45) is 5.92 Å². The number of likely N-dealkylation sites (N-methyl/N-ethyl adjacent to an activating group) is 1. The minimum Gasteiger partial charge on any atom is -0.492 e. The molecule has 1 N–H and O–H groups in total. The third kappa shape index (κ3) is 5.23. The monoisotopic (exact) mass is 263 g/mol. The predicted molar refractivity (Wildman–Crippen MR) is 82.9 cm³/mol. The van der Waals surface area contributed by atoms with Crippen LogP contribution in [0.3, 0.4) is 0 Å². The van der Waals surface area contributed by atoms with E-state index in [-0.39, 0.29) is 0 Å². The Morgan fingerprint density at radius 2 is 1.68 bits per heavy atom. The van der Waals surface area contributed by atoms with Crippen molar-refractivity contribution in [2.45, 2.75) is 53.0 Å². The molecular weight excluding hydrogens is 234 g/mol. The van der Waals surface area contributed by atoms with Gasteiger partial charge >= 0.3 is 0 Å². The molecule has 2 nitrogen and oxygen atoms in total. The molecule has 0 aliphatic carbocycles. The van der Waals surface area contributed by atoms with Gasteiger partial charge in [0.15, 0.2) is 0 Å². The zero-order valence-electron chi connectivity index (χ0n) is 13.1. The smallest absolute Gasteiger partial charge is 0.119 e. The van der Waals surface area contributed by atoms with Crippen molar-refractivity contribution in [1.82, 2.24) is 5.32 Å². The molecule has 0 fully saturated rings. The van der Waals surface area contributed by atoms with Gasteiger partial charge < -0.3 is 10.1 Å². The van der Waals surface area contributed by atoms with E-state index >= 15 is 0 Å². The van der Waals surface area contributed by atoms with E-state index in [1.54, 1.807) is 0 Å². The van der Waals surface area contributed by atoms with Gasteiger partial charge in [-0.25, -0.2) is 0 Å². The minimum absolute atomic E-state index is 0.430. The van der Waals surface area contributed by atoms with Gasteiger partial charge in [-0.1, -0.05) is 53.2 Å². The molecular formula is C17H29NO. The van der Waals surface area contributed by atoms with Crippen molar-refractivity contribution in [3.05, 3.63) is 29.8 Å². The molecule has 0 aliphatic heterocycles. The maximum atomic E-state index is 5.92. The van der Waals surface area contributed by atoms with E-state index in [2.05, 4.69) is 64.2 Å². The van der Waals surface area contributed by atoms with Crippen molar-refractivity contribution < 1.29 is 4.74 Å². The zero-order chi connectivity index (χ0) is 14.3. The first-order valence-electron chi connectivity index (χ1n) is 7.54. The standard InChI is InChI=1S/C17H29NO/c1-6-14(5)17(18-7-2)12-19-16-10-8-15(9-11-16)13(3)4/h8-11,13-14,17-18H,6-7,12H2,1-5H3. The first-order valence-corrected chi connectivity index (χ1v) is 7.54. The van der Waals surface area contributed by atoms with Crippen LogP contribution in [0.5, 0.6) is 5.75 Å². The molecule has 0 bridgehead atoms. The van der Waals surface area contributed by atoms with Crippen LogP contribution in [-0.4, -0.2) is 19.2 Å². The maximum absolute atomic E-state index is 5.92. The normalized spacial score (nSPS) is 14.4. The zero-order valence-corrected chi connectivity index (χ0v) is 13.1. The molecule has 2 unspecified atom stereocenters. The first kappa shape index (κ1) is 16.0. The molecule has 0 saturated carbocycles. The predicted octanol–water partition coefficient (Wildman–Crippen LogP) is 4.21. The number of nitrogens with one attached hydrogen (secondary N) is 1. The van der Waals surface area contributed by atoms with E-state index in [0.717, 1.165) is 18.9 Å². The number of benzene rings is 1. The molecule has 2 atom stereocenters. The van der Waals surface area contributed by atoms with Crippen LogP contribution in [-0.2, 0) is 0 Å². The van der Waals surface area contributed by atoms with Crippen molar-refractivity contribution in [3.8, 4) is 5.75 Å². The minimum atomic E-state index is 0.430. The molecule has 1 aromatic rings. The Morgan fingerprint density at radius 3 is 2.16 bits per heavy atom. The Balaban J connectivity index is 2.53. The largest absolute Gasteiger partial charge is 0.492 e. The molecule has 0 amide bonds. The van der Waals surface area contributed by atoms with Crippen LogP contribution >= 0.6 is 0 Å². The lowest BCUT2D eigenvalue weighted by Gasteiger charge is -2.24. The number of rotatable bonds is 8. The van der Waals surface area contributed by atoms with E-state index in [9.17, 15) is 0 Å². The van der Waals surface area contributed by atoms with Crippen molar-refractivity contribution in [3.63, 3.8) is 0 Å². The molecule has 0 aromatic heterocycles. The topological polar surface area (TPSA) is 21.3 Å². The summed E-state index contributed by atoms with van der Waals surface area (Å²) in [5.41, 5.74) is 1.36. The van der Waals surface area contributed by atoms with Crippen molar-refractivity contribution in [2.75, 3.05) is 13.2 Å². The van der Waals surface area contributed by atoms with E-state index in [1.807, 2.05) is 0 Å². The Kier molecular flexibility index (Phi) is 6.93. The van der Waals surface area contributed by atoms with Crippen LogP contribution in [0.1, 0.15) is 52.5 Å². The van der Waals surface area contributed by atoms with Gasteiger partial charge in [0.2, 0.25) is 0 Å². The third-order valence-corrected chi connectivity index (χ3v) is 3.77. The third-order valence-electron chi connectivity index (χ3n) is 3.77. The summed E-state index contributed by atoms with van der Waals surface area (Å²) in [5, 5.41) is 3.51. The molecule has 0 aliphatic rings. The summed E-state index contributed by atoms with van der Waals surface area (Å²) < 4.78 is 5.92. The van der Waals surface area contributed by atoms with E-state index in [1.165, 1.54) is 12.0 Å². The summed E-state index contributed by atoms with van der Waals surface area (Å²) in [6.45, 7) is 12.8. The highest BCUT2D eigenvalue weighted by Crippen LogP contribution is 2.19. The van der Waals surface area contributed by atoms with Gasteiger partial charge in [-0.05, 0) is 36.1 Å². The molecule has 1 aromatic carbocycles. The van der Waals surface area contributed by atoms with Crippen LogP contribution in [0.2, 0.25) is 0 Å². The molecule has 2 heteroatoms. The molecule has 19 heavy (non-hydrogen) atoms. The Bertz CT molecular complexity index is 345. The van der Waals surface area contributed by atoms with Gasteiger partial charge in [0.05, 0.1) is 0 Å². The Morgan fingerprint density at radius 1 is 1.05 bits per heavy atom. The highest BCUT2D eigenvalue weighted by Gasteiger charge is 2.15. The summed E-state index contributed by atoms with van der Waals surface area (Å²) in [6.07, 6.45) is 1.17. The molecule has 0 saturated heterocycles. The lowest BCUT2D eigenvalue weighted by molar-refractivity contribution is 0.222. The van der Waals surface area contributed by atoms with Crippen LogP contribution < -0.4 is 10.1 Å². The van der Waals surface area contributed by atoms with Crippen LogP contribution in [0.15, 0.2) is 24.3 Å². The number of hydrogen-bond acceptors (Lipinski definition) is 2. The fraction of sp³-hybridized carbons (Fsp3) is 0.647. The average molecular weight is 263 g/mol. The van der Waals surface area contributed by atoms with Crippen LogP contribution in [0.4, 0.5) is 0 Å². The van der Waals surface area contributed by atoms with Gasteiger partial charge in [0.25, 0.3) is 0 Å². The van der Waals surface area contributed by atoms with Crippen molar-refractivity contribution >= 4 is 0 Å². The fourth-order valence-electron chi connectivity index (χ4n) is 2.11. The quantitative estimate of drug-likeness (QED) is 0.758. The van der Waals surface area contributed by atoms with Gasteiger partial charge in [-0.15, -0.1) is 0 Å². The highest BCUT2D eigenvalue weighted by atomic mass is 16.5. The van der Waals surface area contributed by atoms with Crippen molar-refractivity contribution in [1.29, 1.82) is 0 Å². The Hall–Kier alpha value is -1.02. The lowest BCUT2D eigenvalue weighted by atomic mass is 10.00. The van der Waals surface area contributed by atoms with Gasteiger partial charge in [0.1, 0.15) is 12.4 Å². The lowest BCUT2D eigenvalue weighted by Crippen LogP contribution is -2.39. The first-order chi connectivity index (χ1) is 9.08. The number of ether oxygens (including phenoxy) is 1. The van der Waals surface area contributed by atoms with E-state index < -0.39 is 0 Å². The van der Waals surface area contributed by atoms with Crippen LogP contribution in [0.25, 0.3) is 0 Å². The summed E-state index contributed by atoms with van der Waals surface area (Å²) >= 11 is 0. The maximum Gasteiger partial charge on any atom is 0.119 e. The fourth-order valence-corrected chi connectivity index (χ4v) is 2.11. The molecule has 0 heterocycles. The van der Waals surface area contributed by atoms with E-state index in [0.29, 0.717) is 17.9 Å². The number of hydrogen-bond donors (Lipinski definition) is 1. The van der Waals surface area contributed by atoms with E-state index in [4.69, 9.17) is 4.74 Å². The second kappa shape index (κ2) is 8.21. The average Bonchev–Trinajstić information content (AvgIpc) is 2.43. The highest BCUT2D eigenvalue weighted by molar-refractivity contribution is 5.28.